The first kappa shape index (κ1) is 9.20. The van der Waals surface area contributed by atoms with Crippen LogP contribution in [0, 0.1) is 11.3 Å². The van der Waals surface area contributed by atoms with Gasteiger partial charge in [0.05, 0.1) is 6.07 Å². The van der Waals surface area contributed by atoms with Crippen LogP contribution in [-0.2, 0) is 0 Å². The molecule has 13 heavy (non-hydrogen) atoms. The highest BCUT2D eigenvalue weighted by Gasteiger charge is 2.07. The van der Waals surface area contributed by atoms with Crippen LogP contribution in [0.1, 0.15) is 12.8 Å². The van der Waals surface area contributed by atoms with E-state index in [9.17, 15) is 4.79 Å². The molecule has 1 N–H and O–H groups in total. The summed E-state index contributed by atoms with van der Waals surface area (Å²) >= 11 is 0. The number of rotatable bonds is 1. The third-order valence-electron chi connectivity index (χ3n) is 1.70. The summed E-state index contributed by atoms with van der Waals surface area (Å²) in [6.07, 6.45) is 4.74. The van der Waals surface area contributed by atoms with E-state index >= 15 is 0 Å². The first-order valence-corrected chi connectivity index (χ1v) is 3.84. The van der Waals surface area contributed by atoms with E-state index in [1.807, 2.05) is 0 Å². The summed E-state index contributed by atoms with van der Waals surface area (Å²) in [7, 11) is 0. The fourth-order valence-corrected chi connectivity index (χ4v) is 1.01. The molecule has 0 aromatic heterocycles. The van der Waals surface area contributed by atoms with Gasteiger partial charge in [-0.05, 0) is 31.7 Å². The molecule has 0 bridgehead atoms. The average Bonchev–Trinajstić information content (AvgIpc) is 2.19. The topological polar surface area (TPSA) is 65.2 Å². The monoisotopic (exact) mass is 175 g/mol. The lowest BCUT2D eigenvalue weighted by molar-refractivity contribution is 0.251. The molecule has 0 spiro atoms. The second-order valence-electron chi connectivity index (χ2n) is 2.58. The number of aliphatic imine (C=N–C) groups is 1. The molecule has 1 aliphatic rings. The Morgan fingerprint density at radius 1 is 1.62 bits per heavy atom. The molecule has 1 rings (SSSR count). The molecule has 2 amide bonds. The van der Waals surface area contributed by atoms with E-state index in [2.05, 4.69) is 23.1 Å². The van der Waals surface area contributed by atoms with Crippen molar-refractivity contribution in [3.8, 4) is 6.07 Å². The minimum Gasteiger partial charge on any atom is -0.310 e. The van der Waals surface area contributed by atoms with Gasteiger partial charge in [0.15, 0.2) is 0 Å². The van der Waals surface area contributed by atoms with E-state index in [1.165, 1.54) is 0 Å². The quantitative estimate of drug-likeness (QED) is 0.614. The Kier molecular flexibility index (Phi) is 2.98. The average molecular weight is 175 g/mol. The van der Waals surface area contributed by atoms with Crippen LogP contribution in [-0.4, -0.2) is 12.7 Å². The largest absolute Gasteiger partial charge is 0.344 e. The van der Waals surface area contributed by atoms with Crippen molar-refractivity contribution in [3.63, 3.8) is 0 Å². The molecule has 0 radical (unpaired) electrons. The van der Waals surface area contributed by atoms with Crippen LogP contribution >= 0.6 is 0 Å². The van der Waals surface area contributed by atoms with Crippen molar-refractivity contribution in [1.29, 1.82) is 5.26 Å². The van der Waals surface area contributed by atoms with Crippen molar-refractivity contribution >= 4 is 12.7 Å². The lowest BCUT2D eigenvalue weighted by Gasteiger charge is -2.09. The molecule has 0 saturated heterocycles. The second-order valence-corrected chi connectivity index (χ2v) is 2.58. The summed E-state index contributed by atoms with van der Waals surface area (Å²) in [6, 6.07) is 1.60. The number of nitriles is 1. The minimum atomic E-state index is -0.458. The third kappa shape index (κ3) is 2.56. The molecule has 0 aliphatic heterocycles. The predicted octanol–water partition coefficient (Wildman–Crippen LogP) is 1.52. The van der Waals surface area contributed by atoms with Crippen molar-refractivity contribution in [2.45, 2.75) is 12.8 Å². The normalized spacial score (nSPS) is 15.0. The van der Waals surface area contributed by atoms with E-state index in [1.54, 1.807) is 12.2 Å². The van der Waals surface area contributed by atoms with Crippen molar-refractivity contribution in [2.24, 2.45) is 4.99 Å². The van der Waals surface area contributed by atoms with Gasteiger partial charge in [-0.15, -0.1) is 0 Å². The summed E-state index contributed by atoms with van der Waals surface area (Å²) < 4.78 is 0. The van der Waals surface area contributed by atoms with Gasteiger partial charge in [0, 0.05) is 11.3 Å². The standard InChI is InChI=1S/C9H9N3O/c1-11-9(13)12-8-4-2-7(6-10)3-5-8/h2,4H,1,3,5H2,(H,12,13). The van der Waals surface area contributed by atoms with Gasteiger partial charge in [-0.2, -0.15) is 5.26 Å². The summed E-state index contributed by atoms with van der Waals surface area (Å²) in [5, 5.41) is 11.1. The van der Waals surface area contributed by atoms with Gasteiger partial charge in [0.25, 0.3) is 0 Å². The van der Waals surface area contributed by atoms with Crippen molar-refractivity contribution < 1.29 is 4.79 Å². The SMILES string of the molecule is C=NC(=O)NC1=CC=C(C#N)CC1. The number of hydrogen-bond acceptors (Lipinski definition) is 2. The molecule has 4 heteroatoms. The number of hydrogen-bond donors (Lipinski definition) is 1. The summed E-state index contributed by atoms with van der Waals surface area (Å²) in [4.78, 5) is 14.0. The molecule has 0 unspecified atom stereocenters. The first-order chi connectivity index (χ1) is 6.26. The molecule has 0 atom stereocenters. The summed E-state index contributed by atoms with van der Waals surface area (Å²) in [6.45, 7) is 3.10. The van der Waals surface area contributed by atoms with Gasteiger partial charge < -0.3 is 5.32 Å². The van der Waals surface area contributed by atoms with Gasteiger partial charge >= 0.3 is 6.03 Å². The number of amides is 2. The zero-order chi connectivity index (χ0) is 9.68. The molecule has 66 valence electrons. The highest BCUT2D eigenvalue weighted by atomic mass is 16.2. The fourth-order valence-electron chi connectivity index (χ4n) is 1.01. The minimum absolute atomic E-state index is 0.458. The van der Waals surface area contributed by atoms with Gasteiger partial charge in [0.1, 0.15) is 0 Å². The number of urea groups is 1. The van der Waals surface area contributed by atoms with Crippen molar-refractivity contribution in [2.75, 3.05) is 0 Å². The zero-order valence-electron chi connectivity index (χ0n) is 7.08. The van der Waals surface area contributed by atoms with Crippen LogP contribution in [0.15, 0.2) is 28.4 Å². The van der Waals surface area contributed by atoms with Crippen molar-refractivity contribution in [3.05, 3.63) is 23.4 Å². The lowest BCUT2D eigenvalue weighted by Crippen LogP contribution is -2.19. The Labute approximate surface area is 76.3 Å². The van der Waals surface area contributed by atoms with Crippen LogP contribution in [0.2, 0.25) is 0 Å². The maximum Gasteiger partial charge on any atom is 0.344 e. The first-order valence-electron chi connectivity index (χ1n) is 3.84. The van der Waals surface area contributed by atoms with Gasteiger partial charge in [-0.3, -0.25) is 0 Å². The number of nitrogens with one attached hydrogen (secondary N) is 1. The Bertz CT molecular complexity index is 333. The molecule has 4 nitrogen and oxygen atoms in total. The molecule has 0 heterocycles. The molecule has 0 fully saturated rings. The Hall–Kier alpha value is -1.89. The third-order valence-corrected chi connectivity index (χ3v) is 1.70. The van der Waals surface area contributed by atoms with Crippen LogP contribution in [0.3, 0.4) is 0 Å². The number of allylic oxidation sites excluding steroid dienone is 4. The van der Waals surface area contributed by atoms with Crippen LogP contribution in [0.5, 0.6) is 0 Å². The highest BCUT2D eigenvalue weighted by molar-refractivity contribution is 5.80. The molecule has 0 saturated carbocycles. The second kappa shape index (κ2) is 4.21. The molecule has 0 aromatic rings. The lowest BCUT2D eigenvalue weighted by atomic mass is 10.0. The van der Waals surface area contributed by atoms with E-state index in [-0.39, 0.29) is 0 Å². The van der Waals surface area contributed by atoms with Gasteiger partial charge in [0.2, 0.25) is 0 Å². The Morgan fingerprint density at radius 2 is 2.38 bits per heavy atom. The summed E-state index contributed by atoms with van der Waals surface area (Å²) in [5.74, 6) is 0. The van der Waals surface area contributed by atoms with Crippen LogP contribution in [0.25, 0.3) is 0 Å². The molecule has 1 aliphatic carbocycles. The van der Waals surface area contributed by atoms with Gasteiger partial charge in [-0.1, -0.05) is 0 Å². The molecular weight excluding hydrogens is 166 g/mol. The van der Waals surface area contributed by atoms with Crippen LogP contribution < -0.4 is 5.32 Å². The Morgan fingerprint density at radius 3 is 2.85 bits per heavy atom. The van der Waals surface area contributed by atoms with E-state index < -0.39 is 6.03 Å². The predicted molar refractivity (Wildman–Crippen MR) is 49.1 cm³/mol. The number of nitrogens with zero attached hydrogens (tertiary/aromatic N) is 2. The number of carbonyl (C=O) groups is 1. The van der Waals surface area contributed by atoms with E-state index in [0.29, 0.717) is 12.8 Å². The maximum atomic E-state index is 10.8. The molecular formula is C9H9N3O. The summed E-state index contributed by atoms with van der Waals surface area (Å²) in [5.41, 5.74) is 1.50. The Balaban J connectivity index is 2.61. The number of carbonyl (C=O) groups excluding carboxylic acids is 1. The zero-order valence-corrected chi connectivity index (χ0v) is 7.08. The van der Waals surface area contributed by atoms with Crippen LogP contribution in [0.4, 0.5) is 4.79 Å². The van der Waals surface area contributed by atoms with Gasteiger partial charge in [-0.25, -0.2) is 9.79 Å². The molecule has 0 aromatic carbocycles. The smallest absolute Gasteiger partial charge is 0.310 e. The maximum absolute atomic E-state index is 10.8. The highest BCUT2D eigenvalue weighted by Crippen LogP contribution is 2.15. The van der Waals surface area contributed by atoms with E-state index in [0.717, 1.165) is 11.3 Å². The fraction of sp³-hybridized carbons (Fsp3) is 0.222. The van der Waals surface area contributed by atoms with E-state index in [4.69, 9.17) is 5.26 Å². The van der Waals surface area contributed by atoms with Crippen molar-refractivity contribution in [1.82, 2.24) is 5.32 Å².